The molecule has 2 aromatic carbocycles. The molecule has 134 valence electrons. The van der Waals surface area contributed by atoms with Crippen LogP contribution in [0.15, 0.2) is 54.6 Å². The smallest absolute Gasteiger partial charge is 0.143 e. The number of benzene rings is 2. The van der Waals surface area contributed by atoms with E-state index in [1.807, 2.05) is 12.1 Å². The minimum atomic E-state index is -0.202. The third kappa shape index (κ3) is 5.03. The summed E-state index contributed by atoms with van der Waals surface area (Å²) in [6, 6.07) is 19.1. The first-order chi connectivity index (χ1) is 12.3. The summed E-state index contributed by atoms with van der Waals surface area (Å²) in [6.07, 6.45) is 0. The van der Waals surface area contributed by atoms with E-state index in [2.05, 4.69) is 52.3 Å². The zero-order valence-electron chi connectivity index (χ0n) is 14.4. The number of hydrogen-bond acceptors (Lipinski definition) is 4. The summed E-state index contributed by atoms with van der Waals surface area (Å²) in [7, 11) is 0. The lowest BCUT2D eigenvalue weighted by atomic mass is 9.96. The van der Waals surface area contributed by atoms with Gasteiger partial charge in [0.25, 0.3) is 0 Å². The number of halogens is 1. The second-order valence-corrected chi connectivity index (χ2v) is 6.72. The molecule has 1 atom stereocenters. The van der Waals surface area contributed by atoms with Gasteiger partial charge < -0.3 is 9.84 Å². The quantitative estimate of drug-likeness (QED) is 0.608. The fourth-order valence-electron chi connectivity index (χ4n) is 3.40. The van der Waals surface area contributed by atoms with Crippen LogP contribution in [0.2, 0.25) is 5.02 Å². The lowest BCUT2D eigenvalue weighted by molar-refractivity contribution is -0.0150. The summed E-state index contributed by atoms with van der Waals surface area (Å²) >= 11 is 6.08. The molecule has 0 unspecified atom stereocenters. The van der Waals surface area contributed by atoms with Crippen LogP contribution in [0, 0.1) is 0 Å². The highest BCUT2D eigenvalue weighted by Gasteiger charge is 2.26. The summed E-state index contributed by atoms with van der Waals surface area (Å²) in [6.45, 7) is 5.26. The molecule has 2 aromatic rings. The minimum Gasteiger partial charge on any atom is -0.371 e. The van der Waals surface area contributed by atoms with Crippen LogP contribution < -0.4 is 0 Å². The normalized spacial score (nSPS) is 17.5. The minimum absolute atomic E-state index is 0.202. The predicted octanol–water partition coefficient (Wildman–Crippen LogP) is 3.01. The molecule has 3 rings (SSSR count). The van der Waals surface area contributed by atoms with E-state index in [-0.39, 0.29) is 12.8 Å². The van der Waals surface area contributed by atoms with Crippen molar-refractivity contribution in [2.75, 3.05) is 46.1 Å². The lowest BCUT2D eigenvalue weighted by Gasteiger charge is -2.39. The largest absolute Gasteiger partial charge is 0.371 e. The van der Waals surface area contributed by atoms with E-state index >= 15 is 0 Å². The molecule has 5 heteroatoms. The molecule has 0 aliphatic carbocycles. The van der Waals surface area contributed by atoms with Gasteiger partial charge in [0.1, 0.15) is 6.79 Å². The molecule has 0 saturated carbocycles. The van der Waals surface area contributed by atoms with Gasteiger partial charge >= 0.3 is 0 Å². The first kappa shape index (κ1) is 18.4. The number of rotatable bonds is 7. The lowest BCUT2D eigenvalue weighted by Crippen LogP contribution is -2.48. The number of piperazine rings is 1. The Hall–Kier alpha value is -1.43. The van der Waals surface area contributed by atoms with Crippen LogP contribution in [0.1, 0.15) is 17.2 Å². The van der Waals surface area contributed by atoms with Gasteiger partial charge in [-0.15, -0.1) is 0 Å². The highest BCUT2D eigenvalue weighted by Crippen LogP contribution is 2.30. The average Bonchev–Trinajstić information content (AvgIpc) is 2.66. The number of aliphatic hydroxyl groups is 1. The zero-order valence-corrected chi connectivity index (χ0v) is 15.1. The number of nitrogens with zero attached hydrogens (tertiary/aromatic N) is 2. The molecule has 1 fully saturated rings. The molecular weight excluding hydrogens is 336 g/mol. The van der Waals surface area contributed by atoms with Crippen molar-refractivity contribution in [3.63, 3.8) is 0 Å². The Labute approximate surface area is 154 Å². The molecule has 0 aromatic heterocycles. The summed E-state index contributed by atoms with van der Waals surface area (Å²) in [5.74, 6) is 0. The summed E-state index contributed by atoms with van der Waals surface area (Å²) in [4.78, 5) is 4.91. The van der Waals surface area contributed by atoms with E-state index < -0.39 is 0 Å². The SMILES string of the molecule is OCOCCN1CCN([C@H](c2ccccc2)c2ccc(Cl)cc2)CC1. The van der Waals surface area contributed by atoms with Crippen LogP contribution >= 0.6 is 11.6 Å². The molecule has 1 N–H and O–H groups in total. The second kappa shape index (κ2) is 9.32. The Kier molecular flexibility index (Phi) is 6.84. The zero-order chi connectivity index (χ0) is 17.5. The summed E-state index contributed by atoms with van der Waals surface area (Å²) in [5.41, 5.74) is 2.58. The van der Waals surface area contributed by atoms with Gasteiger partial charge in [-0.05, 0) is 23.3 Å². The van der Waals surface area contributed by atoms with Crippen LogP contribution in [-0.4, -0.2) is 61.0 Å². The second-order valence-electron chi connectivity index (χ2n) is 6.28. The molecule has 0 amide bonds. The van der Waals surface area contributed by atoms with Crippen molar-refractivity contribution in [3.8, 4) is 0 Å². The number of hydrogen-bond donors (Lipinski definition) is 1. The van der Waals surface area contributed by atoms with Crippen molar-refractivity contribution in [3.05, 3.63) is 70.7 Å². The first-order valence-corrected chi connectivity index (χ1v) is 9.11. The van der Waals surface area contributed by atoms with Gasteiger partial charge in [0.05, 0.1) is 12.6 Å². The van der Waals surface area contributed by atoms with Crippen LogP contribution in [0.5, 0.6) is 0 Å². The summed E-state index contributed by atoms with van der Waals surface area (Å²) in [5, 5.41) is 9.49. The third-order valence-electron chi connectivity index (χ3n) is 4.72. The van der Waals surface area contributed by atoms with Crippen LogP contribution in [-0.2, 0) is 4.74 Å². The van der Waals surface area contributed by atoms with E-state index in [9.17, 15) is 0 Å². The fourth-order valence-corrected chi connectivity index (χ4v) is 3.52. The van der Waals surface area contributed by atoms with Crippen molar-refractivity contribution in [1.29, 1.82) is 0 Å². The van der Waals surface area contributed by atoms with Crippen LogP contribution in [0.25, 0.3) is 0 Å². The van der Waals surface area contributed by atoms with Gasteiger partial charge in [0, 0.05) is 37.7 Å². The molecule has 1 aliphatic heterocycles. The molecule has 1 aliphatic rings. The van der Waals surface area contributed by atoms with Gasteiger partial charge in [-0.2, -0.15) is 0 Å². The van der Waals surface area contributed by atoms with E-state index in [0.29, 0.717) is 6.61 Å². The highest BCUT2D eigenvalue weighted by molar-refractivity contribution is 6.30. The number of ether oxygens (including phenoxy) is 1. The van der Waals surface area contributed by atoms with E-state index in [1.165, 1.54) is 11.1 Å². The van der Waals surface area contributed by atoms with Crippen molar-refractivity contribution >= 4 is 11.6 Å². The van der Waals surface area contributed by atoms with Gasteiger partial charge in [-0.3, -0.25) is 9.80 Å². The van der Waals surface area contributed by atoms with Gasteiger partial charge in [-0.25, -0.2) is 0 Å². The molecule has 4 nitrogen and oxygen atoms in total. The Morgan fingerprint density at radius 3 is 2.20 bits per heavy atom. The average molecular weight is 361 g/mol. The molecule has 0 spiro atoms. The molecular formula is C20H25ClN2O2. The number of aliphatic hydroxyl groups excluding tert-OH is 1. The maximum absolute atomic E-state index is 8.72. The molecule has 25 heavy (non-hydrogen) atoms. The van der Waals surface area contributed by atoms with Gasteiger partial charge in [0.2, 0.25) is 0 Å². The van der Waals surface area contributed by atoms with Crippen molar-refractivity contribution in [2.24, 2.45) is 0 Å². The monoisotopic (exact) mass is 360 g/mol. The maximum Gasteiger partial charge on any atom is 0.143 e. The predicted molar refractivity (Wildman–Crippen MR) is 101 cm³/mol. The maximum atomic E-state index is 8.72. The standard InChI is InChI=1S/C20H25ClN2O2/c21-19-8-6-18(7-9-19)20(17-4-2-1-3-5-17)23-12-10-22(11-13-23)14-15-25-16-24/h1-9,20,24H,10-16H2/t20-/m1/s1. The van der Waals surface area contributed by atoms with Crippen molar-refractivity contribution in [2.45, 2.75) is 6.04 Å². The summed E-state index contributed by atoms with van der Waals surface area (Å²) < 4.78 is 5.05. The Morgan fingerprint density at radius 2 is 1.56 bits per heavy atom. The fraction of sp³-hybridized carbons (Fsp3) is 0.400. The van der Waals surface area contributed by atoms with E-state index in [4.69, 9.17) is 21.4 Å². The Bertz CT molecular complexity index is 628. The van der Waals surface area contributed by atoms with Crippen molar-refractivity contribution in [1.82, 2.24) is 9.80 Å². The Morgan fingerprint density at radius 1 is 0.920 bits per heavy atom. The molecule has 0 radical (unpaired) electrons. The van der Waals surface area contributed by atoms with E-state index in [0.717, 1.165) is 37.7 Å². The molecule has 1 heterocycles. The van der Waals surface area contributed by atoms with Crippen LogP contribution in [0.3, 0.4) is 0 Å². The van der Waals surface area contributed by atoms with Gasteiger partial charge in [-0.1, -0.05) is 54.1 Å². The first-order valence-electron chi connectivity index (χ1n) is 8.73. The third-order valence-corrected chi connectivity index (χ3v) is 4.97. The Balaban J connectivity index is 1.72. The molecule has 0 bridgehead atoms. The van der Waals surface area contributed by atoms with Crippen LogP contribution in [0.4, 0.5) is 0 Å². The topological polar surface area (TPSA) is 35.9 Å². The highest BCUT2D eigenvalue weighted by atomic mass is 35.5. The van der Waals surface area contributed by atoms with Crippen molar-refractivity contribution < 1.29 is 9.84 Å². The van der Waals surface area contributed by atoms with Gasteiger partial charge in [0.15, 0.2) is 0 Å². The molecule has 1 saturated heterocycles. The van der Waals surface area contributed by atoms with E-state index in [1.54, 1.807) is 0 Å².